The summed E-state index contributed by atoms with van der Waals surface area (Å²) in [4.78, 5) is 22.5. The molecule has 1 aromatic heterocycles. The van der Waals surface area contributed by atoms with Gasteiger partial charge < -0.3 is 19.7 Å². The average molecular weight is 573 g/mol. The number of likely N-dealkylation sites (tertiary alicyclic amines) is 1. The molecule has 10 heteroatoms. The first-order valence-electron chi connectivity index (χ1n) is 14.7. The first-order chi connectivity index (χ1) is 19.7. The van der Waals surface area contributed by atoms with Gasteiger partial charge in [0.2, 0.25) is 5.91 Å². The second-order valence-corrected chi connectivity index (χ2v) is 12.3. The van der Waals surface area contributed by atoms with Gasteiger partial charge in [-0.15, -0.1) is 0 Å². The summed E-state index contributed by atoms with van der Waals surface area (Å²) in [6.45, 7) is 4.22. The Morgan fingerprint density at radius 3 is 2.85 bits per heavy atom. The lowest BCUT2D eigenvalue weighted by molar-refractivity contribution is -0.139. The van der Waals surface area contributed by atoms with Gasteiger partial charge in [0, 0.05) is 76.8 Å². The first-order valence-corrected chi connectivity index (χ1v) is 14.7. The molecule has 5 unspecified atom stereocenters. The summed E-state index contributed by atoms with van der Waals surface area (Å²) < 4.78 is 51.4. The molecule has 7 nitrogen and oxygen atoms in total. The smallest absolute Gasteiger partial charge is 0.379 e. The molecular weight excluding hydrogens is 533 g/mol. The molecule has 3 aliphatic heterocycles. The average Bonchev–Trinajstić information content (AvgIpc) is 3.54. The number of pyridine rings is 1. The molecular formula is C31H39F3N4O3. The maximum absolute atomic E-state index is 14.2. The minimum absolute atomic E-state index is 0.0134. The molecule has 2 aromatic rings. The zero-order chi connectivity index (χ0) is 28.6. The number of aromatic nitrogens is 1. The maximum Gasteiger partial charge on any atom is 0.417 e. The van der Waals surface area contributed by atoms with Crippen LogP contribution in [0.2, 0.25) is 0 Å². The summed E-state index contributed by atoms with van der Waals surface area (Å²) in [5.74, 6) is -0.142. The van der Waals surface area contributed by atoms with Gasteiger partial charge in [0.25, 0.3) is 0 Å². The zero-order valence-electron chi connectivity index (χ0n) is 23.5. The number of nitrogens with one attached hydrogen (secondary N) is 1. The van der Waals surface area contributed by atoms with Gasteiger partial charge in [-0.25, -0.2) is 0 Å². The standard InChI is InChI=1S/C31H39F3N4O3/c1-40-28-19-41-12-9-27(28)36-24-7-10-30(14-24)20-37(16-21-5-3-2-4-6-21)18-25(30)29(39)38-11-8-26-22(17-38)13-23(15-35-26)31(32,33)34/h2-6,13,15,24-25,27-28,36H,7-12,14,16-20H2,1H3. The van der Waals surface area contributed by atoms with E-state index in [9.17, 15) is 18.0 Å². The Balaban J connectivity index is 1.21. The first kappa shape index (κ1) is 28.6. The number of fused-ring (bicyclic) bond motifs is 1. The molecule has 1 spiro atoms. The van der Waals surface area contributed by atoms with Crippen molar-refractivity contribution < 1.29 is 27.4 Å². The van der Waals surface area contributed by atoms with Crippen molar-refractivity contribution in [2.24, 2.45) is 11.3 Å². The summed E-state index contributed by atoms with van der Waals surface area (Å²) in [5, 5.41) is 3.84. The second kappa shape index (κ2) is 11.6. The summed E-state index contributed by atoms with van der Waals surface area (Å²) in [7, 11) is 1.72. The highest BCUT2D eigenvalue weighted by Gasteiger charge is 2.54. The SMILES string of the molecule is COC1COCCC1NC1CCC2(C1)CN(Cc1ccccc1)CC2C(=O)N1CCc2ncc(C(F)(F)F)cc2C1. The highest BCUT2D eigenvalue weighted by Crippen LogP contribution is 2.50. The fraction of sp³-hybridized carbons (Fsp3) is 0.613. The number of benzene rings is 1. The normalized spacial score (nSPS) is 30.6. The largest absolute Gasteiger partial charge is 0.417 e. The van der Waals surface area contributed by atoms with Crippen molar-refractivity contribution in [2.75, 3.05) is 40.0 Å². The van der Waals surface area contributed by atoms with Crippen LogP contribution in [0.1, 0.15) is 48.1 Å². The summed E-state index contributed by atoms with van der Waals surface area (Å²) in [6, 6.07) is 12.0. The van der Waals surface area contributed by atoms with Crippen LogP contribution < -0.4 is 5.32 Å². The molecule has 1 aliphatic carbocycles. The lowest BCUT2D eigenvalue weighted by atomic mass is 9.75. The Kier molecular flexibility index (Phi) is 8.11. The fourth-order valence-corrected chi connectivity index (χ4v) is 7.56. The number of hydrogen-bond acceptors (Lipinski definition) is 6. The number of rotatable bonds is 6. The third kappa shape index (κ3) is 6.02. The van der Waals surface area contributed by atoms with Crippen LogP contribution in [0.5, 0.6) is 0 Å². The highest BCUT2D eigenvalue weighted by molar-refractivity contribution is 5.81. The van der Waals surface area contributed by atoms with E-state index in [0.29, 0.717) is 44.0 Å². The number of methoxy groups -OCH3 is 1. The Bertz CT molecular complexity index is 1230. The molecule has 3 fully saturated rings. The van der Waals surface area contributed by atoms with Crippen LogP contribution in [-0.2, 0) is 40.0 Å². The molecule has 1 amide bonds. The second-order valence-electron chi connectivity index (χ2n) is 12.3. The van der Waals surface area contributed by atoms with Crippen LogP contribution in [0.4, 0.5) is 13.2 Å². The van der Waals surface area contributed by atoms with E-state index in [1.54, 1.807) is 12.0 Å². The van der Waals surface area contributed by atoms with E-state index in [2.05, 4.69) is 27.3 Å². The van der Waals surface area contributed by atoms with E-state index < -0.39 is 11.7 Å². The van der Waals surface area contributed by atoms with Crippen LogP contribution in [0.15, 0.2) is 42.6 Å². The Labute approximate surface area is 239 Å². The summed E-state index contributed by atoms with van der Waals surface area (Å²) in [6.07, 6.45) is 0.647. The van der Waals surface area contributed by atoms with E-state index in [0.717, 1.165) is 45.0 Å². The molecule has 1 aromatic carbocycles. The number of halogens is 3. The Hall–Kier alpha value is -2.53. The van der Waals surface area contributed by atoms with Gasteiger partial charge in [0.1, 0.15) is 0 Å². The van der Waals surface area contributed by atoms with Crippen LogP contribution in [0.25, 0.3) is 0 Å². The molecule has 0 bridgehead atoms. The van der Waals surface area contributed by atoms with Gasteiger partial charge in [0.05, 0.1) is 24.2 Å². The number of nitrogens with zero attached hydrogens (tertiary/aromatic N) is 3. The fourth-order valence-electron chi connectivity index (χ4n) is 7.56. The predicted molar refractivity (Wildman–Crippen MR) is 147 cm³/mol. The van der Waals surface area contributed by atoms with Crippen molar-refractivity contribution in [2.45, 2.75) is 69.6 Å². The number of carbonyl (C=O) groups is 1. The molecule has 2 saturated heterocycles. The molecule has 0 radical (unpaired) electrons. The van der Waals surface area contributed by atoms with E-state index in [-0.39, 0.29) is 42.0 Å². The van der Waals surface area contributed by atoms with Gasteiger partial charge >= 0.3 is 6.18 Å². The minimum Gasteiger partial charge on any atom is -0.379 e. The molecule has 6 rings (SSSR count). The van der Waals surface area contributed by atoms with Crippen molar-refractivity contribution in [3.05, 3.63) is 65.0 Å². The van der Waals surface area contributed by atoms with Gasteiger partial charge in [-0.3, -0.25) is 14.7 Å². The molecule has 4 heterocycles. The van der Waals surface area contributed by atoms with E-state index in [1.807, 2.05) is 18.2 Å². The number of alkyl halides is 3. The Morgan fingerprint density at radius 1 is 1.24 bits per heavy atom. The third-order valence-electron chi connectivity index (χ3n) is 9.64. The quantitative estimate of drug-likeness (QED) is 0.564. The number of amides is 1. The number of ether oxygens (including phenoxy) is 2. The van der Waals surface area contributed by atoms with Crippen LogP contribution in [0, 0.1) is 11.3 Å². The van der Waals surface area contributed by atoms with Gasteiger partial charge in [-0.2, -0.15) is 13.2 Å². The zero-order valence-corrected chi connectivity index (χ0v) is 23.5. The summed E-state index contributed by atoms with van der Waals surface area (Å²) in [5.41, 5.74) is 1.44. The monoisotopic (exact) mass is 572 g/mol. The number of carbonyl (C=O) groups excluding carboxylic acids is 1. The van der Waals surface area contributed by atoms with E-state index in [1.165, 1.54) is 11.6 Å². The van der Waals surface area contributed by atoms with Crippen LogP contribution in [-0.4, -0.2) is 78.8 Å². The molecule has 4 aliphatic rings. The topological polar surface area (TPSA) is 66.9 Å². The molecule has 222 valence electrons. The van der Waals surface area contributed by atoms with Crippen molar-refractivity contribution in [3.63, 3.8) is 0 Å². The van der Waals surface area contributed by atoms with Crippen molar-refractivity contribution in [3.8, 4) is 0 Å². The minimum atomic E-state index is -4.46. The molecule has 1 saturated carbocycles. The lowest BCUT2D eigenvalue weighted by Gasteiger charge is -2.37. The summed E-state index contributed by atoms with van der Waals surface area (Å²) >= 11 is 0. The number of hydrogen-bond donors (Lipinski definition) is 1. The van der Waals surface area contributed by atoms with Gasteiger partial charge in [0.15, 0.2) is 0 Å². The van der Waals surface area contributed by atoms with Crippen LogP contribution in [0.3, 0.4) is 0 Å². The molecule has 1 N–H and O–H groups in total. The third-order valence-corrected chi connectivity index (χ3v) is 9.64. The van der Waals surface area contributed by atoms with E-state index in [4.69, 9.17) is 9.47 Å². The van der Waals surface area contributed by atoms with Crippen LogP contribution >= 0.6 is 0 Å². The molecule has 5 atom stereocenters. The van der Waals surface area contributed by atoms with Gasteiger partial charge in [-0.05, 0) is 48.3 Å². The predicted octanol–water partition coefficient (Wildman–Crippen LogP) is 4.05. The Morgan fingerprint density at radius 2 is 2.07 bits per heavy atom. The van der Waals surface area contributed by atoms with E-state index >= 15 is 0 Å². The van der Waals surface area contributed by atoms with Crippen molar-refractivity contribution >= 4 is 5.91 Å². The lowest BCUT2D eigenvalue weighted by Crippen LogP contribution is -2.51. The van der Waals surface area contributed by atoms with Gasteiger partial charge in [-0.1, -0.05) is 30.3 Å². The molecule has 41 heavy (non-hydrogen) atoms. The van der Waals surface area contributed by atoms with Crippen molar-refractivity contribution in [1.29, 1.82) is 0 Å². The maximum atomic E-state index is 14.2. The highest BCUT2D eigenvalue weighted by atomic mass is 19.4. The van der Waals surface area contributed by atoms with Crippen molar-refractivity contribution in [1.82, 2.24) is 20.1 Å².